The van der Waals surface area contributed by atoms with Crippen LogP contribution in [0.4, 0.5) is 5.69 Å². The summed E-state index contributed by atoms with van der Waals surface area (Å²) in [5, 5.41) is 12.1. The number of hydrogen-bond donors (Lipinski definition) is 1. The molecule has 26 heavy (non-hydrogen) atoms. The summed E-state index contributed by atoms with van der Waals surface area (Å²) in [5.74, 6) is 1.53. The summed E-state index contributed by atoms with van der Waals surface area (Å²) in [7, 11) is 0. The molecule has 0 bridgehead atoms. The van der Waals surface area contributed by atoms with E-state index >= 15 is 0 Å². The average Bonchev–Trinajstić information content (AvgIpc) is 3.02. The van der Waals surface area contributed by atoms with Gasteiger partial charge in [0.05, 0.1) is 10.4 Å². The Labute approximate surface area is 167 Å². The van der Waals surface area contributed by atoms with Crippen LogP contribution in [0.15, 0.2) is 18.2 Å². The van der Waals surface area contributed by atoms with Crippen LogP contribution in [0.3, 0.4) is 0 Å². The fraction of sp³-hybridized carbons (Fsp3) is 0.500. The number of aryl methyl sites for hydroxylation is 1. The van der Waals surface area contributed by atoms with Crippen molar-refractivity contribution in [2.45, 2.75) is 49.9 Å². The number of carbonyl (C=O) groups is 1. The zero-order chi connectivity index (χ0) is 18.5. The van der Waals surface area contributed by atoms with Crippen LogP contribution in [0.25, 0.3) is 11.4 Å². The van der Waals surface area contributed by atoms with E-state index in [1.165, 1.54) is 6.42 Å². The number of aromatic nitrogens is 3. The van der Waals surface area contributed by atoms with Gasteiger partial charge >= 0.3 is 0 Å². The molecule has 1 aliphatic carbocycles. The van der Waals surface area contributed by atoms with Crippen molar-refractivity contribution in [3.05, 3.63) is 29.0 Å². The topological polar surface area (TPSA) is 59.8 Å². The molecule has 2 heterocycles. The van der Waals surface area contributed by atoms with Gasteiger partial charge in [-0.25, -0.2) is 0 Å². The number of benzene rings is 1. The number of fused-ring (bicyclic) bond motifs is 1. The normalized spacial score (nSPS) is 23.8. The number of carbonyl (C=O) groups excluding carboxylic acids is 1. The van der Waals surface area contributed by atoms with Crippen molar-refractivity contribution in [2.75, 3.05) is 5.32 Å². The first-order chi connectivity index (χ1) is 12.3. The predicted molar refractivity (Wildman–Crippen MR) is 104 cm³/mol. The Hall–Kier alpha value is -1.30. The predicted octanol–water partition coefficient (Wildman–Crippen LogP) is 4.85. The molecule has 0 spiro atoms. The highest BCUT2D eigenvalue weighted by Gasteiger charge is 2.67. The Morgan fingerprint density at radius 2 is 2.00 bits per heavy atom. The Balaban J connectivity index is 1.64. The van der Waals surface area contributed by atoms with Crippen molar-refractivity contribution in [3.63, 3.8) is 0 Å². The molecule has 1 N–H and O–H groups in total. The van der Waals surface area contributed by atoms with E-state index in [4.69, 9.17) is 34.8 Å². The van der Waals surface area contributed by atoms with Gasteiger partial charge < -0.3 is 9.88 Å². The third kappa shape index (κ3) is 3.00. The number of halogens is 3. The third-order valence-corrected chi connectivity index (χ3v) is 6.76. The van der Waals surface area contributed by atoms with Crippen LogP contribution < -0.4 is 5.32 Å². The number of nitrogens with zero attached hydrogens (tertiary/aromatic N) is 3. The Kier molecular flexibility index (Phi) is 4.45. The molecule has 0 saturated heterocycles. The first-order valence-corrected chi connectivity index (χ1v) is 9.86. The lowest BCUT2D eigenvalue weighted by atomic mass is 10.1. The second-order valence-corrected chi connectivity index (χ2v) is 9.16. The SMILES string of the molecule is C[C@]1(C(=O)Nc2ccc(Cl)c(-c3nnc4n3CCCCC4)c2)CC1(Cl)Cl. The van der Waals surface area contributed by atoms with Gasteiger partial charge in [0.1, 0.15) is 10.2 Å². The smallest absolute Gasteiger partial charge is 0.233 e. The lowest BCUT2D eigenvalue weighted by molar-refractivity contribution is -0.120. The van der Waals surface area contributed by atoms with Crippen LogP contribution in [0.1, 0.15) is 38.4 Å². The number of alkyl halides is 2. The van der Waals surface area contributed by atoms with E-state index in [0.717, 1.165) is 43.0 Å². The van der Waals surface area contributed by atoms with Gasteiger partial charge in [-0.2, -0.15) is 0 Å². The number of nitrogens with one attached hydrogen (secondary N) is 1. The molecule has 1 amide bonds. The molecular weight excluding hydrogens is 395 g/mol. The van der Waals surface area contributed by atoms with Crippen molar-refractivity contribution in [1.82, 2.24) is 14.8 Å². The van der Waals surface area contributed by atoms with Crippen molar-refractivity contribution in [1.29, 1.82) is 0 Å². The van der Waals surface area contributed by atoms with E-state index < -0.39 is 9.75 Å². The highest BCUT2D eigenvalue weighted by molar-refractivity contribution is 6.53. The molecule has 2 aromatic rings. The van der Waals surface area contributed by atoms with Gasteiger partial charge in [0.15, 0.2) is 5.82 Å². The molecule has 1 aliphatic heterocycles. The quantitative estimate of drug-likeness (QED) is 0.732. The second-order valence-electron chi connectivity index (χ2n) is 7.26. The summed E-state index contributed by atoms with van der Waals surface area (Å²) in [6.45, 7) is 2.64. The van der Waals surface area contributed by atoms with Gasteiger partial charge in [-0.15, -0.1) is 33.4 Å². The molecule has 1 atom stereocenters. The van der Waals surface area contributed by atoms with Crippen LogP contribution in [-0.2, 0) is 17.8 Å². The summed E-state index contributed by atoms with van der Waals surface area (Å²) in [4.78, 5) is 12.5. The molecule has 8 heteroatoms. The number of anilines is 1. The molecule has 138 valence electrons. The molecule has 4 rings (SSSR count). The van der Waals surface area contributed by atoms with Gasteiger partial charge in [0.2, 0.25) is 5.91 Å². The molecule has 1 saturated carbocycles. The minimum atomic E-state index is -1.00. The number of rotatable bonds is 3. The third-order valence-electron chi connectivity index (χ3n) is 5.33. The standard InChI is InChI=1S/C18H19Cl3N4O/c1-17(10-18(17,20)21)16(26)22-11-6-7-13(19)12(9-11)15-24-23-14-5-3-2-4-8-25(14)15/h6-7,9H,2-5,8,10H2,1H3,(H,22,26)/t17-/m1/s1. The first-order valence-electron chi connectivity index (χ1n) is 8.73. The van der Waals surface area contributed by atoms with E-state index in [2.05, 4.69) is 20.1 Å². The van der Waals surface area contributed by atoms with Crippen LogP contribution >= 0.6 is 34.8 Å². The Bertz CT molecular complexity index is 879. The summed E-state index contributed by atoms with van der Waals surface area (Å²) in [6, 6.07) is 5.35. The molecular formula is C18H19Cl3N4O. The van der Waals surface area contributed by atoms with Gasteiger partial charge in [-0.05, 0) is 44.4 Å². The maximum atomic E-state index is 12.5. The fourth-order valence-electron chi connectivity index (χ4n) is 3.37. The highest BCUT2D eigenvalue weighted by Crippen LogP contribution is 2.64. The first kappa shape index (κ1) is 18.1. The molecule has 0 unspecified atom stereocenters. The Morgan fingerprint density at radius 3 is 2.73 bits per heavy atom. The maximum absolute atomic E-state index is 12.5. The van der Waals surface area contributed by atoms with Crippen LogP contribution in [-0.4, -0.2) is 25.0 Å². The van der Waals surface area contributed by atoms with Gasteiger partial charge in [-0.3, -0.25) is 4.79 Å². The average molecular weight is 414 g/mol. The summed E-state index contributed by atoms with van der Waals surface area (Å²) in [6.07, 6.45) is 4.76. The summed E-state index contributed by atoms with van der Waals surface area (Å²) in [5.41, 5.74) is 0.619. The minimum absolute atomic E-state index is 0.198. The van der Waals surface area contributed by atoms with Crippen molar-refractivity contribution >= 4 is 46.4 Å². The summed E-state index contributed by atoms with van der Waals surface area (Å²) >= 11 is 18.6. The largest absolute Gasteiger partial charge is 0.325 e. The van der Waals surface area contributed by atoms with Crippen molar-refractivity contribution in [3.8, 4) is 11.4 Å². The van der Waals surface area contributed by atoms with Crippen LogP contribution in [0, 0.1) is 5.41 Å². The molecule has 1 aromatic carbocycles. The van der Waals surface area contributed by atoms with E-state index in [0.29, 0.717) is 17.1 Å². The van der Waals surface area contributed by atoms with Crippen LogP contribution in [0.5, 0.6) is 0 Å². The summed E-state index contributed by atoms with van der Waals surface area (Å²) < 4.78 is 1.13. The maximum Gasteiger partial charge on any atom is 0.233 e. The lowest BCUT2D eigenvalue weighted by Crippen LogP contribution is -2.25. The lowest BCUT2D eigenvalue weighted by Gasteiger charge is -2.14. The molecule has 2 aliphatic rings. The van der Waals surface area contributed by atoms with E-state index in [9.17, 15) is 4.79 Å². The number of hydrogen-bond acceptors (Lipinski definition) is 3. The molecule has 1 aromatic heterocycles. The van der Waals surface area contributed by atoms with Crippen LogP contribution in [0.2, 0.25) is 5.02 Å². The molecule has 0 radical (unpaired) electrons. The van der Waals surface area contributed by atoms with Crippen molar-refractivity contribution in [2.24, 2.45) is 5.41 Å². The second kappa shape index (κ2) is 6.39. The number of amides is 1. The van der Waals surface area contributed by atoms with Gasteiger partial charge in [-0.1, -0.05) is 18.0 Å². The fourth-order valence-corrected chi connectivity index (χ4v) is 4.28. The highest BCUT2D eigenvalue weighted by atomic mass is 35.5. The minimum Gasteiger partial charge on any atom is -0.325 e. The van der Waals surface area contributed by atoms with E-state index in [1.807, 2.05) is 6.07 Å². The monoisotopic (exact) mass is 412 g/mol. The zero-order valence-electron chi connectivity index (χ0n) is 14.4. The molecule has 1 fully saturated rings. The van der Waals surface area contributed by atoms with E-state index in [1.54, 1.807) is 19.1 Å². The van der Waals surface area contributed by atoms with Gasteiger partial charge in [0.25, 0.3) is 0 Å². The van der Waals surface area contributed by atoms with Gasteiger partial charge in [0, 0.05) is 24.2 Å². The Morgan fingerprint density at radius 1 is 1.23 bits per heavy atom. The zero-order valence-corrected chi connectivity index (χ0v) is 16.6. The molecule has 5 nitrogen and oxygen atoms in total. The van der Waals surface area contributed by atoms with E-state index in [-0.39, 0.29) is 5.91 Å². The van der Waals surface area contributed by atoms with Crippen molar-refractivity contribution < 1.29 is 4.79 Å².